The Bertz CT molecular complexity index is 1200. The van der Waals surface area contributed by atoms with Crippen molar-refractivity contribution in [1.29, 1.82) is 0 Å². The van der Waals surface area contributed by atoms with Gasteiger partial charge < -0.3 is 15.8 Å². The molecule has 0 fully saturated rings. The summed E-state index contributed by atoms with van der Waals surface area (Å²) in [6, 6.07) is 10.8. The number of hydrogen-bond acceptors (Lipinski definition) is 4. The second-order valence-corrected chi connectivity index (χ2v) is 11.8. The Morgan fingerprint density at radius 1 is 1.06 bits per heavy atom. The number of benzene rings is 2. The summed E-state index contributed by atoms with van der Waals surface area (Å²) in [5.74, 6) is -1.10. The van der Waals surface area contributed by atoms with Crippen LogP contribution in [0.25, 0.3) is 5.73 Å². The van der Waals surface area contributed by atoms with Crippen LogP contribution < -0.4 is 9.62 Å². The summed E-state index contributed by atoms with van der Waals surface area (Å²) in [7, 11) is -2.44. The zero-order valence-corrected chi connectivity index (χ0v) is 23.7. The molecule has 0 saturated carbocycles. The number of amides is 2. The third kappa shape index (κ3) is 5.29. The molecule has 175 valence electrons. The standard InChI is InChI=1S/C23H28ClN3O4S.Y/c1-22(2,20(25)28)13-23(3,4)21(29)26-19-15-8-6-7-9-17(15)27(5)32(30,31)18-12-14(24)10-11-16(18)19;/h6-12,19H,13H2,1-5H3,(H3,25,26,28,29);/p-1. The predicted octanol–water partition coefficient (Wildman–Crippen LogP) is 4.70. The van der Waals surface area contributed by atoms with Gasteiger partial charge in [-0.1, -0.05) is 63.6 Å². The number of nitrogens with one attached hydrogen (secondary N) is 2. The minimum Gasteiger partial charge on any atom is -0.667 e. The van der Waals surface area contributed by atoms with Gasteiger partial charge in [-0.2, -0.15) is 0 Å². The minimum atomic E-state index is -3.91. The van der Waals surface area contributed by atoms with Crippen molar-refractivity contribution in [2.75, 3.05) is 11.4 Å². The molecule has 1 atom stereocenters. The molecular weight excluding hydrogens is 539 g/mol. The van der Waals surface area contributed by atoms with Crippen LogP contribution in [0.15, 0.2) is 47.4 Å². The molecule has 0 aromatic heterocycles. The number of nitrogens with zero attached hydrogens (tertiary/aromatic N) is 1. The van der Waals surface area contributed by atoms with Gasteiger partial charge in [0.1, 0.15) is 0 Å². The van der Waals surface area contributed by atoms with E-state index in [1.54, 1.807) is 64.1 Å². The quantitative estimate of drug-likeness (QED) is 0.567. The van der Waals surface area contributed by atoms with E-state index < -0.39 is 32.8 Å². The number of fused-ring (bicyclic) bond motifs is 2. The van der Waals surface area contributed by atoms with Crippen LogP contribution in [0.4, 0.5) is 5.69 Å². The van der Waals surface area contributed by atoms with E-state index in [1.807, 2.05) is 0 Å². The van der Waals surface area contributed by atoms with Crippen molar-refractivity contribution in [2.24, 2.45) is 10.8 Å². The Morgan fingerprint density at radius 3 is 2.27 bits per heavy atom. The first-order valence-corrected chi connectivity index (χ1v) is 11.9. The zero-order valence-electron chi connectivity index (χ0n) is 19.3. The molecule has 0 saturated heterocycles. The largest absolute Gasteiger partial charge is 0.667 e. The summed E-state index contributed by atoms with van der Waals surface area (Å²) in [5, 5.41) is 3.28. The van der Waals surface area contributed by atoms with Crippen molar-refractivity contribution in [1.82, 2.24) is 5.32 Å². The van der Waals surface area contributed by atoms with Crippen molar-refractivity contribution in [2.45, 2.75) is 45.1 Å². The summed E-state index contributed by atoms with van der Waals surface area (Å²) in [5.41, 5.74) is 7.00. The van der Waals surface area contributed by atoms with E-state index in [2.05, 4.69) is 5.32 Å². The van der Waals surface area contributed by atoms with Crippen LogP contribution in [-0.4, -0.2) is 27.3 Å². The van der Waals surface area contributed by atoms with Gasteiger partial charge in [-0.05, 0) is 30.2 Å². The van der Waals surface area contributed by atoms with Crippen LogP contribution in [0.3, 0.4) is 0 Å². The van der Waals surface area contributed by atoms with E-state index in [0.717, 1.165) is 0 Å². The molecule has 7 nitrogen and oxygen atoms in total. The summed E-state index contributed by atoms with van der Waals surface area (Å²) < 4.78 is 27.8. The fraction of sp³-hybridized carbons (Fsp3) is 0.391. The minimum absolute atomic E-state index is 0. The van der Waals surface area contributed by atoms with E-state index in [1.165, 1.54) is 17.4 Å². The smallest absolute Gasteiger partial charge is 0.264 e. The van der Waals surface area contributed by atoms with Gasteiger partial charge in [-0.3, -0.25) is 9.10 Å². The average Bonchev–Trinajstić information content (AvgIpc) is 2.76. The fourth-order valence-electron chi connectivity index (χ4n) is 4.18. The van der Waals surface area contributed by atoms with Gasteiger partial charge in [0.15, 0.2) is 0 Å². The molecule has 10 heteroatoms. The Morgan fingerprint density at radius 2 is 1.67 bits per heavy atom. The second-order valence-electron chi connectivity index (χ2n) is 9.39. The Hall–Kier alpha value is -1.48. The number of carbonyl (C=O) groups is 2. The topological polar surface area (TPSA) is 107 Å². The molecule has 0 bridgehead atoms. The SMILES string of the molecule is CN1c2ccccc2C(NC(=O)C(C)(C)CC(C)(C)C([NH-])=O)c2ccc(Cl)cc2S1(=O)=O.[Y]. The molecule has 33 heavy (non-hydrogen) atoms. The van der Waals surface area contributed by atoms with Crippen LogP contribution >= 0.6 is 11.6 Å². The molecule has 1 aliphatic rings. The number of sulfonamides is 1. The first-order chi connectivity index (χ1) is 14.7. The number of carbonyl (C=O) groups excluding carboxylic acids is 2. The maximum absolute atomic E-state index is 13.4. The Kier molecular flexibility index (Phi) is 8.11. The number of hydrogen-bond donors (Lipinski definition) is 1. The Balaban J connectivity index is 0.00000385. The Labute approximate surface area is 225 Å². The monoisotopic (exact) mass is 565 g/mol. The van der Waals surface area contributed by atoms with Gasteiger partial charge in [0.25, 0.3) is 10.0 Å². The number of rotatable bonds is 5. The fourth-order valence-corrected chi connectivity index (χ4v) is 5.90. The van der Waals surface area contributed by atoms with Crippen molar-refractivity contribution >= 4 is 39.1 Å². The maximum atomic E-state index is 13.4. The third-order valence-corrected chi connectivity index (χ3v) is 7.96. The van der Waals surface area contributed by atoms with E-state index in [9.17, 15) is 18.0 Å². The first kappa shape index (κ1) is 27.8. The molecule has 1 radical (unpaired) electrons. The molecule has 0 spiro atoms. The molecule has 2 aromatic carbocycles. The normalized spacial score (nSPS) is 17.2. The summed E-state index contributed by atoms with van der Waals surface area (Å²) >= 11 is 6.12. The molecule has 3 rings (SSSR count). The van der Waals surface area contributed by atoms with Crippen molar-refractivity contribution in [3.05, 3.63) is 64.3 Å². The molecule has 2 amide bonds. The van der Waals surface area contributed by atoms with Crippen LogP contribution in [0.5, 0.6) is 0 Å². The van der Waals surface area contributed by atoms with Gasteiger partial charge in [0.2, 0.25) is 5.91 Å². The van der Waals surface area contributed by atoms with Gasteiger partial charge in [-0.25, -0.2) is 8.42 Å². The van der Waals surface area contributed by atoms with Crippen molar-refractivity contribution < 1.29 is 50.7 Å². The summed E-state index contributed by atoms with van der Waals surface area (Å²) in [6.07, 6.45) is 0.161. The zero-order chi connectivity index (χ0) is 24.1. The van der Waals surface area contributed by atoms with Crippen LogP contribution in [0.1, 0.15) is 51.3 Å². The summed E-state index contributed by atoms with van der Waals surface area (Å²) in [6.45, 7) is 6.69. The molecule has 1 unspecified atom stereocenters. The van der Waals surface area contributed by atoms with Crippen LogP contribution in [0, 0.1) is 10.8 Å². The molecule has 0 aliphatic carbocycles. The molecule has 1 heterocycles. The van der Waals surface area contributed by atoms with E-state index >= 15 is 0 Å². The summed E-state index contributed by atoms with van der Waals surface area (Å²) in [4.78, 5) is 25.1. The molecule has 2 N–H and O–H groups in total. The second kappa shape index (κ2) is 9.64. The maximum Gasteiger partial charge on any atom is 0.264 e. The van der Waals surface area contributed by atoms with Gasteiger partial charge >= 0.3 is 0 Å². The van der Waals surface area contributed by atoms with Gasteiger partial charge in [0.05, 0.1) is 22.5 Å². The van der Waals surface area contributed by atoms with Gasteiger partial charge in [-0.15, -0.1) is 0 Å². The van der Waals surface area contributed by atoms with Crippen LogP contribution in [-0.2, 0) is 52.3 Å². The van der Waals surface area contributed by atoms with E-state index in [4.69, 9.17) is 17.3 Å². The predicted molar refractivity (Wildman–Crippen MR) is 125 cm³/mol. The van der Waals surface area contributed by atoms with Gasteiger partial charge in [0, 0.05) is 61.2 Å². The van der Waals surface area contributed by atoms with Crippen molar-refractivity contribution in [3.8, 4) is 0 Å². The van der Waals surface area contributed by atoms with E-state index in [-0.39, 0.29) is 55.0 Å². The first-order valence-electron chi connectivity index (χ1n) is 10.1. The number of para-hydroxylation sites is 1. The van der Waals surface area contributed by atoms with Crippen LogP contribution in [0.2, 0.25) is 5.02 Å². The molecule has 2 aromatic rings. The number of anilines is 1. The third-order valence-electron chi connectivity index (χ3n) is 5.90. The average molecular weight is 566 g/mol. The van der Waals surface area contributed by atoms with Crippen molar-refractivity contribution in [3.63, 3.8) is 0 Å². The van der Waals surface area contributed by atoms with E-state index in [0.29, 0.717) is 16.8 Å². The molecular formula is C23H27ClN3O4SY-. The molecule has 1 aliphatic heterocycles. The number of halogens is 1.